The molecule has 0 aliphatic rings. The lowest BCUT2D eigenvalue weighted by Gasteiger charge is -2.30. The molecule has 0 spiro atoms. The van der Waals surface area contributed by atoms with Gasteiger partial charge in [0.05, 0.1) is 5.69 Å². The summed E-state index contributed by atoms with van der Waals surface area (Å²) in [5.41, 5.74) is 30.5. The smallest absolute Gasteiger partial charge is 0.248 e. The Morgan fingerprint density at radius 3 is 1.88 bits per heavy atom. The van der Waals surface area contributed by atoms with Crippen molar-refractivity contribution in [2.75, 3.05) is 12.3 Å². The van der Waals surface area contributed by atoms with E-state index in [9.17, 15) is 14.4 Å². The number of nitrogens with one attached hydrogen (secondary N) is 1. The summed E-state index contributed by atoms with van der Waals surface area (Å²) in [6, 6.07) is 21.6. The minimum absolute atomic E-state index is 0.0458. The second-order valence-electron chi connectivity index (χ2n) is 9.99. The molecule has 0 aliphatic carbocycles. The molecule has 0 unspecified atom stereocenters. The number of nitrogen functional groups attached to an aromatic ring is 1. The van der Waals surface area contributed by atoms with Gasteiger partial charge in [-0.2, -0.15) is 0 Å². The van der Waals surface area contributed by atoms with Gasteiger partial charge in [0, 0.05) is 32.4 Å². The Morgan fingerprint density at radius 1 is 0.881 bits per heavy atom. The van der Waals surface area contributed by atoms with Gasteiger partial charge in [0.1, 0.15) is 6.04 Å². The summed E-state index contributed by atoms with van der Waals surface area (Å²) in [5.74, 6) is -2.49. The van der Waals surface area contributed by atoms with Crippen molar-refractivity contribution in [1.82, 2.24) is 5.32 Å². The summed E-state index contributed by atoms with van der Waals surface area (Å²) in [5, 5.41) is 2.66. The number of anilines is 1. The number of hydrogen-bond acceptors (Lipinski definition) is 6. The van der Waals surface area contributed by atoms with E-state index in [-0.39, 0.29) is 44.1 Å². The molecule has 0 saturated carbocycles. The number of primary amides is 1. The summed E-state index contributed by atoms with van der Waals surface area (Å²) in [4.78, 5) is 44.3. The molecule has 11 N–H and O–H groups in total. The van der Waals surface area contributed by atoms with Gasteiger partial charge in [0.15, 0.2) is 17.3 Å². The van der Waals surface area contributed by atoms with Gasteiger partial charge in [-0.05, 0) is 86.8 Å². The molecule has 0 aromatic heterocycles. The molecule has 0 fully saturated rings. The molecule has 0 aliphatic heterocycles. The van der Waals surface area contributed by atoms with Crippen LogP contribution in [-0.4, -0.2) is 41.7 Å². The molecule has 0 radical (unpaired) electrons. The first kappa shape index (κ1) is 33.3. The van der Waals surface area contributed by atoms with Crippen molar-refractivity contribution in [3.63, 3.8) is 0 Å². The third-order valence-corrected chi connectivity index (χ3v) is 8.73. The van der Waals surface area contributed by atoms with Crippen LogP contribution in [0.2, 0.25) is 0 Å². The molecule has 2 atom stereocenters. The third kappa shape index (κ3) is 8.88. The first-order valence-electron chi connectivity index (χ1n) is 13.2. The van der Waals surface area contributed by atoms with Crippen molar-refractivity contribution in [3.8, 4) is 0 Å². The molecule has 2 amide bonds. The number of carbonyl (C=O) groups excluding carboxylic acids is 3. The van der Waals surface area contributed by atoms with Gasteiger partial charge in [-0.3, -0.25) is 19.4 Å². The summed E-state index contributed by atoms with van der Waals surface area (Å²) < 4.78 is 1.61. The van der Waals surface area contributed by atoms with Gasteiger partial charge >= 0.3 is 0 Å². The minimum atomic E-state index is -1.97. The molecule has 3 aromatic rings. The number of Topliss-reactive ketones (excluding diaryl/α,β-unsaturated/α-hetero) is 1. The Kier molecular flexibility index (Phi) is 12.1. The summed E-state index contributed by atoms with van der Waals surface area (Å²) >= 11 is 4.21. The molecule has 0 heterocycles. The van der Waals surface area contributed by atoms with Crippen molar-refractivity contribution >= 4 is 74.4 Å². The molecular weight excluding hydrogens is 760 g/mol. The van der Waals surface area contributed by atoms with Crippen LogP contribution in [0.5, 0.6) is 0 Å². The highest BCUT2D eigenvalue weighted by molar-refractivity contribution is 14.1. The second-order valence-corrected chi connectivity index (χ2v) is 12.3. The van der Waals surface area contributed by atoms with E-state index in [1.165, 1.54) is 0 Å². The zero-order chi connectivity index (χ0) is 30.9. The molecule has 3 aromatic carbocycles. The maximum Gasteiger partial charge on any atom is 0.248 e. The number of nitrogens with zero attached hydrogens (tertiary/aromatic N) is 1. The minimum Gasteiger partial charge on any atom is -0.397 e. The predicted molar refractivity (Wildman–Crippen MR) is 182 cm³/mol. The predicted octanol–water partition coefficient (Wildman–Crippen LogP) is 2.53. The van der Waals surface area contributed by atoms with Crippen molar-refractivity contribution in [2.45, 2.75) is 43.2 Å². The lowest BCUT2D eigenvalue weighted by Crippen LogP contribution is -2.63. The van der Waals surface area contributed by atoms with Crippen LogP contribution in [0, 0.1) is 7.14 Å². The number of rotatable bonds is 14. The monoisotopic (exact) mass is 795 g/mol. The standard InChI is InChI=1S/C30H35I2N7O3/c31-22-14-18(15-23(32)26(22)33)16-24(27(34)41)39-28(42)30(37,12-7-13-38-29(35)36)25(40)17-21(19-8-3-1-4-9-19)20-10-5-2-6-11-20/h1-6,8-11,14-15,21,24H,7,12-13,16-17,33,37H2,(H2,34,41)(H,39,42)(H4,35,36,38)/t24-,30-/m0/s1. The summed E-state index contributed by atoms with van der Waals surface area (Å²) in [6.07, 6.45) is 0.260. The quantitative estimate of drug-likeness (QED) is 0.0359. The third-order valence-electron chi connectivity index (χ3n) is 6.95. The number of benzene rings is 3. The van der Waals surface area contributed by atoms with E-state index >= 15 is 0 Å². The number of halogens is 2. The summed E-state index contributed by atoms with van der Waals surface area (Å²) in [6.45, 7) is 0.171. The van der Waals surface area contributed by atoms with Gasteiger partial charge in [0.25, 0.3) is 0 Å². The normalized spacial score (nSPS) is 13.1. The van der Waals surface area contributed by atoms with Crippen LogP contribution in [0.3, 0.4) is 0 Å². The van der Waals surface area contributed by atoms with E-state index in [1.807, 2.05) is 72.8 Å². The molecule has 0 bridgehead atoms. The van der Waals surface area contributed by atoms with Gasteiger partial charge in [0.2, 0.25) is 11.8 Å². The zero-order valence-electron chi connectivity index (χ0n) is 22.9. The fraction of sp³-hybridized carbons (Fsp3) is 0.267. The highest BCUT2D eigenvalue weighted by atomic mass is 127. The van der Waals surface area contributed by atoms with E-state index in [0.29, 0.717) is 5.69 Å². The molecule has 12 heteroatoms. The highest BCUT2D eigenvalue weighted by Crippen LogP contribution is 2.31. The molecule has 222 valence electrons. The van der Waals surface area contributed by atoms with Crippen LogP contribution in [0.15, 0.2) is 77.8 Å². The Bertz CT molecular complexity index is 1370. The summed E-state index contributed by atoms with van der Waals surface area (Å²) in [7, 11) is 0. The van der Waals surface area contributed by atoms with E-state index in [2.05, 4.69) is 55.5 Å². The molecule has 42 heavy (non-hydrogen) atoms. The SMILES string of the molecule is NC(=O)[C@H](Cc1cc(I)c(N)c(I)c1)NC(=O)[C@](N)(CCCN=C(N)N)C(=O)CC(c1ccccc1)c1ccccc1. The maximum absolute atomic E-state index is 14.0. The van der Waals surface area contributed by atoms with Crippen LogP contribution in [0.4, 0.5) is 5.69 Å². The fourth-order valence-corrected chi connectivity index (χ4v) is 6.51. The highest BCUT2D eigenvalue weighted by Gasteiger charge is 2.43. The average Bonchev–Trinajstić information content (AvgIpc) is 2.96. The van der Waals surface area contributed by atoms with Crippen LogP contribution in [0.1, 0.15) is 41.9 Å². The van der Waals surface area contributed by atoms with E-state index in [1.54, 1.807) is 0 Å². The number of amides is 2. The van der Waals surface area contributed by atoms with Crippen molar-refractivity contribution in [1.29, 1.82) is 0 Å². The Hall–Kier alpha value is -3.24. The Labute approximate surface area is 272 Å². The lowest BCUT2D eigenvalue weighted by molar-refractivity contribution is -0.138. The number of ketones is 1. The van der Waals surface area contributed by atoms with Gasteiger partial charge in [-0.15, -0.1) is 0 Å². The Balaban J connectivity index is 1.92. The van der Waals surface area contributed by atoms with Crippen LogP contribution >= 0.6 is 45.2 Å². The van der Waals surface area contributed by atoms with Crippen LogP contribution in [0.25, 0.3) is 0 Å². The van der Waals surface area contributed by atoms with Crippen molar-refractivity contribution < 1.29 is 14.4 Å². The number of carbonyl (C=O) groups is 3. The van der Waals surface area contributed by atoms with Crippen LogP contribution in [-0.2, 0) is 20.8 Å². The van der Waals surface area contributed by atoms with Gasteiger partial charge in [-0.25, -0.2) is 0 Å². The second kappa shape index (κ2) is 15.3. The topological polar surface area (TPSA) is 206 Å². The molecule has 0 saturated heterocycles. The number of nitrogens with two attached hydrogens (primary N) is 5. The average molecular weight is 795 g/mol. The van der Waals surface area contributed by atoms with Crippen molar-refractivity contribution in [3.05, 3.63) is 96.6 Å². The first-order valence-corrected chi connectivity index (χ1v) is 15.4. The van der Waals surface area contributed by atoms with E-state index < -0.39 is 29.2 Å². The Morgan fingerprint density at radius 2 is 1.40 bits per heavy atom. The number of hydrogen-bond donors (Lipinski definition) is 6. The van der Waals surface area contributed by atoms with Gasteiger partial charge in [-0.1, -0.05) is 60.7 Å². The van der Waals surface area contributed by atoms with Gasteiger partial charge < -0.3 is 34.0 Å². The maximum atomic E-state index is 14.0. The zero-order valence-corrected chi connectivity index (χ0v) is 27.2. The number of aliphatic imine (C=N–C) groups is 1. The van der Waals surface area contributed by atoms with E-state index in [4.69, 9.17) is 28.7 Å². The van der Waals surface area contributed by atoms with E-state index in [0.717, 1.165) is 23.8 Å². The van der Waals surface area contributed by atoms with Crippen molar-refractivity contribution in [2.24, 2.45) is 27.9 Å². The largest absolute Gasteiger partial charge is 0.397 e. The first-order chi connectivity index (χ1) is 19.9. The molecule has 10 nitrogen and oxygen atoms in total. The molecular formula is C30H35I2N7O3. The molecule has 3 rings (SSSR count). The fourth-order valence-electron chi connectivity index (χ4n) is 4.61. The lowest BCUT2D eigenvalue weighted by atomic mass is 9.79. The number of guanidine groups is 1. The van der Waals surface area contributed by atoms with Crippen LogP contribution < -0.4 is 34.0 Å².